The van der Waals surface area contributed by atoms with Crippen molar-refractivity contribution in [1.82, 2.24) is 20.1 Å². The van der Waals surface area contributed by atoms with Crippen molar-refractivity contribution in [3.05, 3.63) is 60.8 Å². The molecule has 3 aromatic heterocycles. The monoisotopic (exact) mass is 376 g/mol. The smallest absolute Gasteiger partial charge is 0.263 e. The normalized spacial score (nSPS) is 14.6. The van der Waals surface area contributed by atoms with Gasteiger partial charge in [-0.1, -0.05) is 11.2 Å². The van der Waals surface area contributed by atoms with Crippen LogP contribution in [0.15, 0.2) is 59.5 Å². The van der Waals surface area contributed by atoms with Gasteiger partial charge in [0.05, 0.1) is 0 Å². The van der Waals surface area contributed by atoms with Crippen LogP contribution in [-0.4, -0.2) is 46.3 Å². The van der Waals surface area contributed by atoms with Crippen LogP contribution in [-0.2, 0) is 0 Å². The van der Waals surface area contributed by atoms with Crippen LogP contribution in [0.1, 0.15) is 0 Å². The van der Waals surface area contributed by atoms with Crippen LogP contribution in [0.3, 0.4) is 0 Å². The number of fused-ring (bicyclic) bond motifs is 1. The molecule has 7 nitrogen and oxygen atoms in total. The molecule has 0 saturated carbocycles. The molecule has 8 heteroatoms. The Morgan fingerprint density at radius 2 is 1.64 bits per heavy atom. The summed E-state index contributed by atoms with van der Waals surface area (Å²) in [6.07, 6.45) is 3.30. The number of hydrogen-bond donors (Lipinski definition) is 0. The fourth-order valence-electron chi connectivity index (χ4n) is 3.50. The quantitative estimate of drug-likeness (QED) is 0.544. The van der Waals surface area contributed by atoms with Crippen LogP contribution in [0.5, 0.6) is 0 Å². The highest BCUT2D eigenvalue weighted by molar-refractivity contribution is 5.97. The van der Waals surface area contributed by atoms with Gasteiger partial charge in [0.2, 0.25) is 0 Å². The summed E-state index contributed by atoms with van der Waals surface area (Å²) in [6, 6.07) is 12.1. The summed E-state index contributed by atoms with van der Waals surface area (Å²) in [6.45, 7) is 3.24. The molecule has 28 heavy (non-hydrogen) atoms. The maximum absolute atomic E-state index is 13.3. The number of anilines is 2. The summed E-state index contributed by atoms with van der Waals surface area (Å²) < 4.78 is 18.7. The third kappa shape index (κ3) is 2.92. The predicted molar refractivity (Wildman–Crippen MR) is 104 cm³/mol. The zero-order valence-corrected chi connectivity index (χ0v) is 15.0. The first-order valence-corrected chi connectivity index (χ1v) is 9.07. The van der Waals surface area contributed by atoms with Gasteiger partial charge in [-0.15, -0.1) is 0 Å². The molecular formula is C20H17FN6O. The number of pyridine rings is 1. The van der Waals surface area contributed by atoms with Gasteiger partial charge in [0.15, 0.2) is 0 Å². The minimum Gasteiger partial charge on any atom is -0.353 e. The number of nitrogens with zero attached hydrogens (tertiary/aromatic N) is 6. The molecule has 0 radical (unpaired) electrons. The summed E-state index contributed by atoms with van der Waals surface area (Å²) in [5.41, 5.74) is 1.82. The Hall–Kier alpha value is -3.55. The van der Waals surface area contributed by atoms with E-state index in [-0.39, 0.29) is 5.82 Å². The summed E-state index contributed by atoms with van der Waals surface area (Å²) in [7, 11) is 0. The lowest BCUT2D eigenvalue weighted by atomic mass is 10.1. The fourth-order valence-corrected chi connectivity index (χ4v) is 3.50. The third-order valence-electron chi connectivity index (χ3n) is 4.92. The summed E-state index contributed by atoms with van der Waals surface area (Å²) in [5.74, 6) is 1.47. The van der Waals surface area contributed by atoms with E-state index >= 15 is 0 Å². The molecule has 1 fully saturated rings. The predicted octanol–water partition coefficient (Wildman–Crippen LogP) is 3.15. The molecule has 0 aliphatic carbocycles. The van der Waals surface area contributed by atoms with Crippen molar-refractivity contribution < 1.29 is 8.91 Å². The molecule has 1 saturated heterocycles. The molecule has 1 aliphatic rings. The lowest BCUT2D eigenvalue weighted by Gasteiger charge is -2.36. The van der Waals surface area contributed by atoms with Crippen molar-refractivity contribution in [2.45, 2.75) is 0 Å². The summed E-state index contributed by atoms with van der Waals surface area (Å²) in [5, 5.41) is 4.92. The van der Waals surface area contributed by atoms with E-state index in [0.717, 1.165) is 48.8 Å². The van der Waals surface area contributed by atoms with Gasteiger partial charge in [-0.25, -0.2) is 14.4 Å². The van der Waals surface area contributed by atoms with Crippen molar-refractivity contribution in [1.29, 1.82) is 0 Å². The topological polar surface area (TPSA) is 71.2 Å². The average Bonchev–Trinajstić information content (AvgIpc) is 3.19. The van der Waals surface area contributed by atoms with Gasteiger partial charge < -0.3 is 14.3 Å². The number of piperazine rings is 1. The minimum atomic E-state index is -0.293. The molecule has 0 bridgehead atoms. The lowest BCUT2D eigenvalue weighted by Crippen LogP contribution is -2.47. The first-order chi connectivity index (χ1) is 13.8. The van der Waals surface area contributed by atoms with Crippen LogP contribution in [0, 0.1) is 5.82 Å². The second kappa shape index (κ2) is 6.88. The molecule has 0 N–H and O–H groups in total. The molecule has 0 amide bonds. The maximum atomic E-state index is 13.3. The number of rotatable bonds is 3. The van der Waals surface area contributed by atoms with Crippen LogP contribution >= 0.6 is 0 Å². The van der Waals surface area contributed by atoms with Crippen molar-refractivity contribution in [3.63, 3.8) is 0 Å². The number of benzene rings is 1. The second-order valence-electron chi connectivity index (χ2n) is 6.58. The number of aromatic nitrogens is 4. The molecule has 1 aliphatic heterocycles. The zero-order chi connectivity index (χ0) is 18.9. The molecule has 4 heterocycles. The minimum absolute atomic E-state index is 0.293. The van der Waals surface area contributed by atoms with E-state index in [0.29, 0.717) is 11.4 Å². The van der Waals surface area contributed by atoms with E-state index in [4.69, 9.17) is 4.52 Å². The molecular weight excluding hydrogens is 359 g/mol. The van der Waals surface area contributed by atoms with E-state index in [1.165, 1.54) is 18.5 Å². The van der Waals surface area contributed by atoms with Gasteiger partial charge in [-0.2, -0.15) is 4.98 Å². The lowest BCUT2D eigenvalue weighted by molar-refractivity contribution is 0.451. The van der Waals surface area contributed by atoms with Gasteiger partial charge in [-0.05, 0) is 36.4 Å². The number of hydrogen-bond acceptors (Lipinski definition) is 7. The van der Waals surface area contributed by atoms with Crippen molar-refractivity contribution in [2.75, 3.05) is 36.0 Å². The molecule has 140 valence electrons. The first-order valence-electron chi connectivity index (χ1n) is 9.07. The van der Waals surface area contributed by atoms with Crippen LogP contribution in [0.2, 0.25) is 0 Å². The Morgan fingerprint density at radius 1 is 0.857 bits per heavy atom. The summed E-state index contributed by atoms with van der Waals surface area (Å²) in [4.78, 5) is 17.6. The fraction of sp³-hybridized carbons (Fsp3) is 0.200. The first kappa shape index (κ1) is 16.6. The van der Waals surface area contributed by atoms with E-state index in [2.05, 4.69) is 29.9 Å². The van der Waals surface area contributed by atoms with Gasteiger partial charge in [0.25, 0.3) is 5.71 Å². The standard InChI is InChI=1S/C20H17FN6O/c21-15-6-4-14(5-7-15)18-17-19(23-13-24-20(17)28-25-18)27-11-9-26(10-12-27)16-3-1-2-8-22-16/h1-8,13H,9-12H2. The van der Waals surface area contributed by atoms with Gasteiger partial charge in [0, 0.05) is 37.9 Å². The van der Waals surface area contributed by atoms with Crippen molar-refractivity contribution in [2.24, 2.45) is 0 Å². The highest BCUT2D eigenvalue weighted by Gasteiger charge is 2.24. The van der Waals surface area contributed by atoms with E-state index in [1.54, 1.807) is 12.1 Å². The summed E-state index contributed by atoms with van der Waals surface area (Å²) >= 11 is 0. The Labute approximate surface area is 160 Å². The van der Waals surface area contributed by atoms with Crippen LogP contribution in [0.4, 0.5) is 16.0 Å². The molecule has 1 aromatic carbocycles. The Kier molecular flexibility index (Phi) is 4.08. The SMILES string of the molecule is Fc1ccc(-c2noc3ncnc(N4CCN(c5ccccn5)CC4)c23)cc1. The van der Waals surface area contributed by atoms with Gasteiger partial charge in [0.1, 0.15) is 34.9 Å². The van der Waals surface area contributed by atoms with Crippen molar-refractivity contribution >= 4 is 22.7 Å². The number of halogens is 1. The zero-order valence-electron chi connectivity index (χ0n) is 15.0. The highest BCUT2D eigenvalue weighted by atomic mass is 19.1. The molecule has 4 aromatic rings. The van der Waals surface area contributed by atoms with Gasteiger partial charge >= 0.3 is 0 Å². The molecule has 0 spiro atoms. The highest BCUT2D eigenvalue weighted by Crippen LogP contribution is 2.33. The molecule has 5 rings (SSSR count). The molecule has 0 atom stereocenters. The average molecular weight is 376 g/mol. The second-order valence-corrected chi connectivity index (χ2v) is 6.58. The Balaban J connectivity index is 1.47. The van der Waals surface area contributed by atoms with E-state index < -0.39 is 0 Å². The van der Waals surface area contributed by atoms with Crippen molar-refractivity contribution in [3.8, 4) is 11.3 Å². The Morgan fingerprint density at radius 3 is 2.39 bits per heavy atom. The Bertz CT molecular complexity index is 1090. The van der Waals surface area contributed by atoms with E-state index in [9.17, 15) is 4.39 Å². The van der Waals surface area contributed by atoms with E-state index in [1.807, 2.05) is 24.4 Å². The van der Waals surface area contributed by atoms with Crippen LogP contribution < -0.4 is 9.80 Å². The largest absolute Gasteiger partial charge is 0.353 e. The molecule has 0 unspecified atom stereocenters. The van der Waals surface area contributed by atoms with Crippen LogP contribution in [0.25, 0.3) is 22.4 Å². The maximum Gasteiger partial charge on any atom is 0.263 e. The third-order valence-corrected chi connectivity index (χ3v) is 4.92. The van der Waals surface area contributed by atoms with Gasteiger partial charge in [-0.3, -0.25) is 0 Å².